The molecule has 156 valence electrons. The molecule has 5 saturated carbocycles. The molecule has 6 aliphatic rings. The number of amides is 1. The predicted octanol–water partition coefficient (Wildman–Crippen LogP) is 3.47. The number of nitrogens with zero attached hydrogens (tertiary/aromatic N) is 3. The fraction of sp³-hybridized carbons (Fsp3) is 0.640. The molecule has 1 aliphatic heterocycles. The molecule has 1 aromatic carbocycles. The largest absolute Gasteiger partial charge is 0.390 e. The molecule has 1 amide bonds. The highest BCUT2D eigenvalue weighted by Crippen LogP contribution is 2.62. The molecule has 4 bridgehead atoms. The monoisotopic (exact) mass is 403 g/mol. The van der Waals surface area contributed by atoms with E-state index in [4.69, 9.17) is 4.99 Å². The number of benzene rings is 1. The lowest BCUT2D eigenvalue weighted by Crippen LogP contribution is -2.61. The molecule has 5 nitrogen and oxygen atoms in total. The van der Waals surface area contributed by atoms with Crippen LogP contribution < -0.4 is 0 Å². The van der Waals surface area contributed by atoms with Crippen molar-refractivity contribution in [1.82, 2.24) is 4.90 Å². The molecule has 5 atom stereocenters. The number of nitriles is 1. The molecule has 0 spiro atoms. The van der Waals surface area contributed by atoms with Crippen molar-refractivity contribution in [2.24, 2.45) is 28.2 Å². The van der Waals surface area contributed by atoms with Crippen molar-refractivity contribution in [1.29, 1.82) is 5.26 Å². The SMILES string of the molecule is N#CC1CC2CC2N1C(=O)C(=NCc1ccccc1)C12CC3CC(CC(O)(C3)C1)C2. The van der Waals surface area contributed by atoms with E-state index in [2.05, 4.69) is 6.07 Å². The summed E-state index contributed by atoms with van der Waals surface area (Å²) in [5.74, 6) is 1.46. The summed E-state index contributed by atoms with van der Waals surface area (Å²) in [5.41, 5.74) is 0.789. The van der Waals surface area contributed by atoms with Crippen LogP contribution in [0, 0.1) is 34.5 Å². The summed E-state index contributed by atoms with van der Waals surface area (Å²) in [6.07, 6.45) is 7.35. The van der Waals surface area contributed by atoms with E-state index in [0.717, 1.165) is 44.1 Å². The Morgan fingerprint density at radius 3 is 2.53 bits per heavy atom. The molecule has 0 radical (unpaired) electrons. The molecule has 30 heavy (non-hydrogen) atoms. The van der Waals surface area contributed by atoms with Crippen LogP contribution in [-0.2, 0) is 11.3 Å². The standard InChI is InChI=1S/C25H29N3O2/c26-13-20-7-19-8-21(19)28(20)23(29)22(27-14-16-4-2-1-3-5-16)24-9-17-6-18(10-24)12-25(30,11-17)15-24/h1-5,17-21,30H,6-12,14-15H2. The van der Waals surface area contributed by atoms with Crippen molar-refractivity contribution >= 4 is 11.6 Å². The van der Waals surface area contributed by atoms with Crippen molar-refractivity contribution < 1.29 is 9.90 Å². The number of aliphatic imine (C=N–C) groups is 1. The van der Waals surface area contributed by atoms with E-state index in [0.29, 0.717) is 36.4 Å². The fourth-order valence-corrected chi connectivity index (χ4v) is 7.69. The Morgan fingerprint density at radius 2 is 1.87 bits per heavy atom. The van der Waals surface area contributed by atoms with Crippen LogP contribution in [0.3, 0.4) is 0 Å². The van der Waals surface area contributed by atoms with Crippen LogP contribution in [0.5, 0.6) is 0 Å². The van der Waals surface area contributed by atoms with E-state index < -0.39 is 5.60 Å². The number of hydrogen-bond acceptors (Lipinski definition) is 4. The summed E-state index contributed by atoms with van der Waals surface area (Å²) in [6, 6.07) is 12.4. The van der Waals surface area contributed by atoms with Gasteiger partial charge in [-0.1, -0.05) is 30.3 Å². The zero-order valence-corrected chi connectivity index (χ0v) is 17.3. The second-order valence-electron chi connectivity index (χ2n) is 10.8. The van der Waals surface area contributed by atoms with Crippen LogP contribution in [0.1, 0.15) is 56.9 Å². The van der Waals surface area contributed by atoms with Gasteiger partial charge in [0.2, 0.25) is 0 Å². The van der Waals surface area contributed by atoms with E-state index in [9.17, 15) is 15.2 Å². The maximum Gasteiger partial charge on any atom is 0.269 e. The highest BCUT2D eigenvalue weighted by atomic mass is 16.3. The molecular weight excluding hydrogens is 374 g/mol. The maximum atomic E-state index is 14.0. The number of aliphatic hydroxyl groups is 1. The van der Waals surface area contributed by atoms with Gasteiger partial charge in [0.1, 0.15) is 11.8 Å². The second kappa shape index (κ2) is 6.40. The summed E-state index contributed by atoms with van der Waals surface area (Å²) < 4.78 is 0. The normalized spacial score (nSPS) is 43.4. The van der Waals surface area contributed by atoms with Crippen LogP contribution >= 0.6 is 0 Å². The van der Waals surface area contributed by atoms with Crippen LogP contribution in [0.4, 0.5) is 0 Å². The van der Waals surface area contributed by atoms with Gasteiger partial charge >= 0.3 is 0 Å². The number of likely N-dealkylation sites (tertiary alicyclic amines) is 1. The minimum atomic E-state index is -0.639. The van der Waals surface area contributed by atoms with Crippen molar-refractivity contribution in [3.8, 4) is 6.07 Å². The molecule has 1 heterocycles. The van der Waals surface area contributed by atoms with Crippen LogP contribution in [-0.4, -0.2) is 39.3 Å². The number of fused-ring (bicyclic) bond motifs is 1. The third-order valence-corrected chi connectivity index (χ3v) is 8.49. The Labute approximate surface area is 177 Å². The second-order valence-corrected chi connectivity index (χ2v) is 10.8. The Bertz CT molecular complexity index is 935. The van der Waals surface area contributed by atoms with Crippen LogP contribution in [0.25, 0.3) is 0 Å². The summed E-state index contributed by atoms with van der Waals surface area (Å²) in [6.45, 7) is 0.483. The van der Waals surface area contributed by atoms with Gasteiger partial charge in [0.05, 0.1) is 18.2 Å². The molecule has 0 aromatic heterocycles. The Morgan fingerprint density at radius 1 is 1.13 bits per heavy atom. The van der Waals surface area contributed by atoms with E-state index in [1.165, 1.54) is 6.42 Å². The Hall–Kier alpha value is -2.19. The number of carbonyl (C=O) groups excluding carboxylic acids is 1. The highest BCUT2D eigenvalue weighted by Gasteiger charge is 2.62. The summed E-state index contributed by atoms with van der Waals surface area (Å²) in [7, 11) is 0. The number of rotatable bonds is 4. The van der Waals surface area contributed by atoms with E-state index in [1.807, 2.05) is 35.2 Å². The Balaban J connectivity index is 1.39. The first-order chi connectivity index (χ1) is 14.5. The van der Waals surface area contributed by atoms with Crippen LogP contribution in [0.15, 0.2) is 35.3 Å². The lowest BCUT2D eigenvalue weighted by atomic mass is 9.46. The minimum absolute atomic E-state index is 0.0203. The van der Waals surface area contributed by atoms with Gasteiger partial charge in [0.15, 0.2) is 0 Å². The first kappa shape index (κ1) is 18.6. The fourth-order valence-electron chi connectivity index (χ4n) is 7.69. The highest BCUT2D eigenvalue weighted by molar-refractivity contribution is 6.41. The lowest BCUT2D eigenvalue weighted by molar-refractivity contribution is -0.145. The smallest absolute Gasteiger partial charge is 0.269 e. The van der Waals surface area contributed by atoms with Crippen molar-refractivity contribution in [2.45, 2.75) is 75.6 Å². The van der Waals surface area contributed by atoms with Gasteiger partial charge in [0, 0.05) is 11.5 Å². The first-order valence-corrected chi connectivity index (χ1v) is 11.5. The molecule has 5 aliphatic carbocycles. The average molecular weight is 404 g/mol. The van der Waals surface area contributed by atoms with Gasteiger partial charge in [-0.05, 0) is 74.7 Å². The van der Waals surface area contributed by atoms with Gasteiger partial charge in [-0.2, -0.15) is 5.26 Å². The van der Waals surface area contributed by atoms with E-state index in [1.54, 1.807) is 0 Å². The zero-order chi connectivity index (χ0) is 20.5. The molecule has 1 N–H and O–H groups in total. The molecule has 5 unspecified atom stereocenters. The molecule has 6 fully saturated rings. The average Bonchev–Trinajstić information content (AvgIpc) is 3.36. The third-order valence-electron chi connectivity index (χ3n) is 8.49. The van der Waals surface area contributed by atoms with Crippen molar-refractivity contribution in [3.05, 3.63) is 35.9 Å². The van der Waals surface area contributed by atoms with Gasteiger partial charge in [-0.25, -0.2) is 0 Å². The van der Waals surface area contributed by atoms with Gasteiger partial charge in [-0.3, -0.25) is 9.79 Å². The summed E-state index contributed by atoms with van der Waals surface area (Å²) in [4.78, 5) is 20.8. The van der Waals surface area contributed by atoms with Crippen molar-refractivity contribution in [2.75, 3.05) is 0 Å². The number of hydrogen-bond donors (Lipinski definition) is 1. The van der Waals surface area contributed by atoms with E-state index >= 15 is 0 Å². The summed E-state index contributed by atoms with van der Waals surface area (Å²) >= 11 is 0. The minimum Gasteiger partial charge on any atom is -0.390 e. The zero-order valence-electron chi connectivity index (χ0n) is 17.3. The molecule has 5 heteroatoms. The number of carbonyl (C=O) groups is 1. The molecule has 1 aromatic rings. The molecule has 7 rings (SSSR count). The van der Waals surface area contributed by atoms with Gasteiger partial charge in [-0.15, -0.1) is 0 Å². The summed E-state index contributed by atoms with van der Waals surface area (Å²) in [5, 5.41) is 20.9. The first-order valence-electron chi connectivity index (χ1n) is 11.5. The molecular formula is C25H29N3O2. The van der Waals surface area contributed by atoms with Gasteiger partial charge in [0.25, 0.3) is 5.91 Å². The quantitative estimate of drug-likeness (QED) is 0.782. The molecule has 1 saturated heterocycles. The Kier molecular flexibility index (Phi) is 3.96. The van der Waals surface area contributed by atoms with Gasteiger partial charge < -0.3 is 10.0 Å². The van der Waals surface area contributed by atoms with E-state index in [-0.39, 0.29) is 23.4 Å². The topological polar surface area (TPSA) is 76.7 Å². The number of piperidine rings is 1. The van der Waals surface area contributed by atoms with Crippen LogP contribution in [0.2, 0.25) is 0 Å². The maximum absolute atomic E-state index is 14.0. The third kappa shape index (κ3) is 2.84. The predicted molar refractivity (Wildman–Crippen MR) is 112 cm³/mol. The van der Waals surface area contributed by atoms with Crippen molar-refractivity contribution in [3.63, 3.8) is 0 Å². The lowest BCUT2D eigenvalue weighted by Gasteiger charge is -2.60.